The van der Waals surface area contributed by atoms with E-state index < -0.39 is 0 Å². The highest BCUT2D eigenvalue weighted by Gasteiger charge is 2.28. The lowest BCUT2D eigenvalue weighted by Crippen LogP contribution is -2.48. The maximum absolute atomic E-state index is 11.9. The first-order valence-corrected chi connectivity index (χ1v) is 9.05. The number of hydrogen-bond donors (Lipinski definition) is 2. The van der Waals surface area contributed by atoms with E-state index in [2.05, 4.69) is 20.5 Å². The summed E-state index contributed by atoms with van der Waals surface area (Å²) in [6, 6.07) is 0.423. The molecule has 2 rings (SSSR count). The Balaban J connectivity index is 1.69. The summed E-state index contributed by atoms with van der Waals surface area (Å²) >= 11 is 0. The number of guanidine groups is 1. The number of rotatable bonds is 7. The molecule has 136 valence electrons. The number of carbonyl (C=O) groups is 2. The number of hydrogen-bond acceptors (Lipinski definition) is 4. The van der Waals surface area contributed by atoms with Gasteiger partial charge in [-0.2, -0.15) is 0 Å². The van der Waals surface area contributed by atoms with Crippen LogP contribution in [0.3, 0.4) is 0 Å². The van der Waals surface area contributed by atoms with Crippen LogP contribution in [0.5, 0.6) is 0 Å². The third-order valence-corrected chi connectivity index (χ3v) is 4.36. The van der Waals surface area contributed by atoms with Gasteiger partial charge in [0.05, 0.1) is 12.5 Å². The molecule has 1 aliphatic heterocycles. The molecular formula is C17H30N4O3. The lowest BCUT2D eigenvalue weighted by Gasteiger charge is -2.33. The summed E-state index contributed by atoms with van der Waals surface area (Å²) in [4.78, 5) is 30.0. The molecule has 2 N–H and O–H groups in total. The van der Waals surface area contributed by atoms with Gasteiger partial charge in [-0.1, -0.05) is 0 Å². The quantitative estimate of drug-likeness (QED) is 0.312. The fourth-order valence-corrected chi connectivity index (χ4v) is 2.93. The van der Waals surface area contributed by atoms with Crippen LogP contribution in [0.2, 0.25) is 0 Å². The van der Waals surface area contributed by atoms with Gasteiger partial charge in [0, 0.05) is 39.1 Å². The maximum atomic E-state index is 11.9. The molecule has 1 saturated carbocycles. The van der Waals surface area contributed by atoms with Crippen molar-refractivity contribution >= 4 is 17.8 Å². The van der Waals surface area contributed by atoms with Crippen molar-refractivity contribution in [2.45, 2.75) is 51.5 Å². The Morgan fingerprint density at radius 2 is 2.08 bits per heavy atom. The molecule has 0 aromatic carbocycles. The van der Waals surface area contributed by atoms with Gasteiger partial charge in [-0.05, 0) is 39.0 Å². The molecule has 7 nitrogen and oxygen atoms in total. The van der Waals surface area contributed by atoms with Crippen molar-refractivity contribution in [2.75, 3.05) is 33.3 Å². The van der Waals surface area contributed by atoms with Crippen LogP contribution in [0.15, 0.2) is 4.99 Å². The zero-order valence-corrected chi connectivity index (χ0v) is 14.8. The van der Waals surface area contributed by atoms with Crippen molar-refractivity contribution in [1.29, 1.82) is 0 Å². The summed E-state index contributed by atoms with van der Waals surface area (Å²) in [5.74, 6) is 0.734. The summed E-state index contributed by atoms with van der Waals surface area (Å²) in [6.07, 6.45) is 5.36. The first-order chi connectivity index (χ1) is 11.6. The Kier molecular flexibility index (Phi) is 7.34. The molecular weight excluding hydrogens is 308 g/mol. The number of ether oxygens (including phenoxy) is 1. The van der Waals surface area contributed by atoms with E-state index >= 15 is 0 Å². The van der Waals surface area contributed by atoms with Crippen LogP contribution >= 0.6 is 0 Å². The lowest BCUT2D eigenvalue weighted by molar-refractivity contribution is -0.149. The van der Waals surface area contributed by atoms with Crippen LogP contribution in [-0.2, 0) is 14.3 Å². The fraction of sp³-hybridized carbons (Fsp3) is 0.824. The van der Waals surface area contributed by atoms with Crippen LogP contribution in [0.1, 0.15) is 45.4 Å². The topological polar surface area (TPSA) is 83.0 Å². The average Bonchev–Trinajstić information content (AvgIpc) is 3.39. The van der Waals surface area contributed by atoms with Crippen molar-refractivity contribution in [2.24, 2.45) is 10.9 Å². The smallest absolute Gasteiger partial charge is 0.310 e. The molecule has 7 heteroatoms. The molecule has 1 atom stereocenters. The van der Waals surface area contributed by atoms with Crippen molar-refractivity contribution in [1.82, 2.24) is 15.5 Å². The second-order valence-corrected chi connectivity index (χ2v) is 6.46. The molecule has 0 aromatic heterocycles. The normalized spacial score (nSPS) is 21.3. The molecule has 1 saturated heterocycles. The summed E-state index contributed by atoms with van der Waals surface area (Å²) in [5, 5.41) is 6.29. The molecule has 1 amide bonds. The SMILES string of the molecule is CCOC(=O)C1CCCN(C(=NC)NCCCC(=O)NC2CC2)C1. The van der Waals surface area contributed by atoms with E-state index in [1.54, 1.807) is 7.05 Å². The van der Waals surface area contributed by atoms with Gasteiger partial charge in [0.15, 0.2) is 5.96 Å². The Hall–Kier alpha value is -1.79. The Labute approximate surface area is 144 Å². The van der Waals surface area contributed by atoms with E-state index in [9.17, 15) is 9.59 Å². The first-order valence-electron chi connectivity index (χ1n) is 9.05. The highest BCUT2D eigenvalue weighted by atomic mass is 16.5. The monoisotopic (exact) mass is 338 g/mol. The molecule has 1 unspecified atom stereocenters. The maximum Gasteiger partial charge on any atom is 0.310 e. The van der Waals surface area contributed by atoms with Gasteiger partial charge in [0.25, 0.3) is 0 Å². The van der Waals surface area contributed by atoms with E-state index in [-0.39, 0.29) is 17.8 Å². The highest BCUT2D eigenvalue weighted by molar-refractivity contribution is 5.81. The predicted molar refractivity (Wildman–Crippen MR) is 92.7 cm³/mol. The second kappa shape index (κ2) is 9.49. The average molecular weight is 338 g/mol. The minimum Gasteiger partial charge on any atom is -0.466 e. The van der Waals surface area contributed by atoms with E-state index in [0.29, 0.717) is 32.2 Å². The largest absolute Gasteiger partial charge is 0.466 e. The molecule has 0 aromatic rings. The molecule has 24 heavy (non-hydrogen) atoms. The third kappa shape index (κ3) is 6.02. The van der Waals surface area contributed by atoms with Crippen LogP contribution in [0.4, 0.5) is 0 Å². The van der Waals surface area contributed by atoms with E-state index in [1.165, 1.54) is 0 Å². The minimum absolute atomic E-state index is 0.0819. The first kappa shape index (κ1) is 18.5. The second-order valence-electron chi connectivity index (χ2n) is 6.46. The lowest BCUT2D eigenvalue weighted by atomic mass is 9.98. The summed E-state index contributed by atoms with van der Waals surface area (Å²) < 4.78 is 5.13. The van der Waals surface area contributed by atoms with Crippen molar-refractivity contribution in [3.63, 3.8) is 0 Å². The fourth-order valence-electron chi connectivity index (χ4n) is 2.93. The number of aliphatic imine (C=N–C) groups is 1. The zero-order valence-electron chi connectivity index (χ0n) is 14.8. The number of carbonyl (C=O) groups excluding carboxylic acids is 2. The number of nitrogens with zero attached hydrogens (tertiary/aromatic N) is 2. The van der Waals surface area contributed by atoms with E-state index in [1.807, 2.05) is 6.92 Å². The van der Waals surface area contributed by atoms with Crippen molar-refractivity contribution in [3.05, 3.63) is 0 Å². The third-order valence-electron chi connectivity index (χ3n) is 4.36. The van der Waals surface area contributed by atoms with Crippen LogP contribution in [-0.4, -0.2) is 62.1 Å². The van der Waals surface area contributed by atoms with Gasteiger partial charge in [-0.25, -0.2) is 0 Å². The van der Waals surface area contributed by atoms with E-state index in [4.69, 9.17) is 4.74 Å². The molecule has 1 aliphatic carbocycles. The highest BCUT2D eigenvalue weighted by Crippen LogP contribution is 2.19. The van der Waals surface area contributed by atoms with E-state index in [0.717, 1.165) is 44.6 Å². The summed E-state index contributed by atoms with van der Waals surface area (Å²) in [6.45, 7) is 4.48. The number of nitrogens with one attached hydrogen (secondary N) is 2. The zero-order chi connectivity index (χ0) is 17.4. The molecule has 0 radical (unpaired) electrons. The van der Waals surface area contributed by atoms with Gasteiger partial charge in [0.1, 0.15) is 0 Å². The number of amides is 1. The van der Waals surface area contributed by atoms with Gasteiger partial charge >= 0.3 is 5.97 Å². The number of piperidine rings is 1. The van der Waals surface area contributed by atoms with Gasteiger partial charge in [0.2, 0.25) is 5.91 Å². The molecule has 0 spiro atoms. The van der Waals surface area contributed by atoms with Crippen molar-refractivity contribution in [3.8, 4) is 0 Å². The van der Waals surface area contributed by atoms with Crippen LogP contribution in [0, 0.1) is 5.92 Å². The summed E-state index contributed by atoms with van der Waals surface area (Å²) in [5.41, 5.74) is 0. The molecule has 2 fully saturated rings. The Morgan fingerprint density at radius 1 is 1.29 bits per heavy atom. The standard InChI is InChI=1S/C17H30N4O3/c1-3-24-16(23)13-6-5-11-21(12-13)17(18-2)19-10-4-7-15(22)20-14-8-9-14/h13-14H,3-12H2,1-2H3,(H,18,19)(H,20,22). The molecule has 0 bridgehead atoms. The van der Waals surface area contributed by atoms with Crippen LogP contribution < -0.4 is 10.6 Å². The molecule has 2 aliphatic rings. The van der Waals surface area contributed by atoms with Gasteiger partial charge in [-0.3, -0.25) is 14.6 Å². The predicted octanol–water partition coefficient (Wildman–Crippen LogP) is 0.896. The minimum atomic E-state index is -0.116. The van der Waals surface area contributed by atoms with Gasteiger partial charge < -0.3 is 20.3 Å². The van der Waals surface area contributed by atoms with Crippen molar-refractivity contribution < 1.29 is 14.3 Å². The van der Waals surface area contributed by atoms with Crippen LogP contribution in [0.25, 0.3) is 0 Å². The molecule has 1 heterocycles. The number of likely N-dealkylation sites (tertiary alicyclic amines) is 1. The Bertz CT molecular complexity index is 463. The summed E-state index contributed by atoms with van der Waals surface area (Å²) in [7, 11) is 1.75. The number of esters is 1. The van der Waals surface area contributed by atoms with Gasteiger partial charge in [-0.15, -0.1) is 0 Å². The Morgan fingerprint density at radius 3 is 2.75 bits per heavy atom.